The molecule has 0 spiro atoms. The standard InChI is InChI=1S/C14H13ClN2O/c1-17-7-5-11(6-8-17)10-16-14(18)12-3-2-4-13(15)9-12/h2-9H,10H2,1H3/p+1. The van der Waals surface area contributed by atoms with E-state index in [0.717, 1.165) is 5.56 Å². The lowest BCUT2D eigenvalue weighted by Crippen LogP contribution is -2.27. The maximum atomic E-state index is 11.9. The number of benzene rings is 1. The Kier molecular flexibility index (Phi) is 3.95. The highest BCUT2D eigenvalue weighted by atomic mass is 35.5. The zero-order valence-corrected chi connectivity index (χ0v) is 10.8. The quantitative estimate of drug-likeness (QED) is 0.844. The van der Waals surface area contributed by atoms with E-state index >= 15 is 0 Å². The van der Waals surface area contributed by atoms with Crippen molar-refractivity contribution < 1.29 is 9.36 Å². The second-order valence-electron chi connectivity index (χ2n) is 4.06. The number of pyridine rings is 1. The molecule has 0 bridgehead atoms. The number of amides is 1. The molecule has 2 rings (SSSR count). The molecule has 0 aliphatic carbocycles. The van der Waals surface area contributed by atoms with E-state index in [4.69, 9.17) is 11.6 Å². The SMILES string of the molecule is C[n+]1ccc(CNC(=O)c2cccc(Cl)c2)cc1. The first-order valence-corrected chi connectivity index (χ1v) is 6.01. The summed E-state index contributed by atoms with van der Waals surface area (Å²) in [6.45, 7) is 0.506. The number of carbonyl (C=O) groups is 1. The van der Waals surface area contributed by atoms with Gasteiger partial charge in [-0.15, -0.1) is 0 Å². The largest absolute Gasteiger partial charge is 0.348 e. The Morgan fingerprint density at radius 2 is 2.00 bits per heavy atom. The van der Waals surface area contributed by atoms with Crippen LogP contribution in [-0.2, 0) is 13.6 Å². The van der Waals surface area contributed by atoms with Crippen molar-refractivity contribution in [2.45, 2.75) is 6.54 Å². The number of halogens is 1. The third-order valence-electron chi connectivity index (χ3n) is 2.59. The van der Waals surface area contributed by atoms with Crippen molar-refractivity contribution in [2.24, 2.45) is 7.05 Å². The van der Waals surface area contributed by atoms with Crippen LogP contribution in [0, 0.1) is 0 Å². The summed E-state index contributed by atoms with van der Waals surface area (Å²) in [5.74, 6) is -0.120. The van der Waals surface area contributed by atoms with Gasteiger partial charge in [0.15, 0.2) is 12.4 Å². The number of hydrogen-bond donors (Lipinski definition) is 1. The second kappa shape index (κ2) is 5.65. The van der Waals surface area contributed by atoms with Crippen LogP contribution in [0.2, 0.25) is 5.02 Å². The minimum atomic E-state index is -0.120. The lowest BCUT2D eigenvalue weighted by atomic mass is 10.2. The molecular weight excluding hydrogens is 248 g/mol. The van der Waals surface area contributed by atoms with Gasteiger partial charge in [0.2, 0.25) is 0 Å². The van der Waals surface area contributed by atoms with Gasteiger partial charge in [0, 0.05) is 29.3 Å². The number of nitrogens with one attached hydrogen (secondary N) is 1. The van der Waals surface area contributed by atoms with Crippen molar-refractivity contribution in [3.05, 3.63) is 64.9 Å². The molecule has 0 radical (unpaired) electrons. The van der Waals surface area contributed by atoms with E-state index in [1.54, 1.807) is 24.3 Å². The van der Waals surface area contributed by atoms with Crippen LogP contribution in [-0.4, -0.2) is 5.91 Å². The summed E-state index contributed by atoms with van der Waals surface area (Å²) in [6, 6.07) is 10.8. The molecule has 0 unspecified atom stereocenters. The molecule has 18 heavy (non-hydrogen) atoms. The maximum absolute atomic E-state index is 11.9. The molecule has 1 aromatic carbocycles. The van der Waals surface area contributed by atoms with Gasteiger partial charge in [0.1, 0.15) is 7.05 Å². The third kappa shape index (κ3) is 3.31. The van der Waals surface area contributed by atoms with Crippen molar-refractivity contribution in [2.75, 3.05) is 0 Å². The van der Waals surface area contributed by atoms with Gasteiger partial charge in [0.25, 0.3) is 5.91 Å². The predicted octanol–water partition coefficient (Wildman–Crippen LogP) is 2.09. The van der Waals surface area contributed by atoms with E-state index in [9.17, 15) is 4.79 Å². The number of rotatable bonds is 3. The van der Waals surface area contributed by atoms with Crippen molar-refractivity contribution in [1.82, 2.24) is 5.32 Å². The summed E-state index contributed by atoms with van der Waals surface area (Å²) in [7, 11) is 1.95. The fourth-order valence-electron chi connectivity index (χ4n) is 1.56. The Hall–Kier alpha value is -1.87. The van der Waals surface area contributed by atoms with Crippen molar-refractivity contribution in [3.8, 4) is 0 Å². The molecule has 0 aliphatic rings. The van der Waals surface area contributed by atoms with E-state index in [-0.39, 0.29) is 5.91 Å². The highest BCUT2D eigenvalue weighted by molar-refractivity contribution is 6.30. The highest BCUT2D eigenvalue weighted by Crippen LogP contribution is 2.10. The Labute approximate surface area is 111 Å². The summed E-state index contributed by atoms with van der Waals surface area (Å²) >= 11 is 5.84. The van der Waals surface area contributed by atoms with E-state index in [1.807, 2.05) is 36.1 Å². The molecule has 4 heteroatoms. The van der Waals surface area contributed by atoms with Crippen LogP contribution in [0.15, 0.2) is 48.8 Å². The second-order valence-corrected chi connectivity index (χ2v) is 4.50. The molecule has 1 heterocycles. The normalized spacial score (nSPS) is 10.1. The van der Waals surface area contributed by atoms with Crippen molar-refractivity contribution in [3.63, 3.8) is 0 Å². The lowest BCUT2D eigenvalue weighted by molar-refractivity contribution is -0.671. The summed E-state index contributed by atoms with van der Waals surface area (Å²) < 4.78 is 1.95. The molecular formula is C14H14ClN2O+. The average molecular weight is 262 g/mol. The van der Waals surface area contributed by atoms with Crippen molar-refractivity contribution >= 4 is 17.5 Å². The van der Waals surface area contributed by atoms with Gasteiger partial charge >= 0.3 is 0 Å². The van der Waals surface area contributed by atoms with E-state index in [0.29, 0.717) is 17.1 Å². The van der Waals surface area contributed by atoms with Crippen LogP contribution in [0.25, 0.3) is 0 Å². The average Bonchev–Trinajstić information content (AvgIpc) is 2.38. The number of carbonyl (C=O) groups excluding carboxylic acids is 1. The molecule has 0 fully saturated rings. The smallest absolute Gasteiger partial charge is 0.251 e. The van der Waals surface area contributed by atoms with Crippen LogP contribution in [0.3, 0.4) is 0 Å². The fraction of sp³-hybridized carbons (Fsp3) is 0.143. The predicted molar refractivity (Wildman–Crippen MR) is 70.2 cm³/mol. The molecule has 0 atom stereocenters. The van der Waals surface area contributed by atoms with Gasteiger partial charge in [-0.25, -0.2) is 4.57 Å². The van der Waals surface area contributed by atoms with Crippen LogP contribution in [0.1, 0.15) is 15.9 Å². The Balaban J connectivity index is 1.98. The van der Waals surface area contributed by atoms with Gasteiger partial charge < -0.3 is 5.32 Å². The van der Waals surface area contributed by atoms with Crippen LogP contribution in [0.5, 0.6) is 0 Å². The minimum Gasteiger partial charge on any atom is -0.348 e. The summed E-state index contributed by atoms with van der Waals surface area (Å²) in [5, 5.41) is 3.42. The lowest BCUT2D eigenvalue weighted by Gasteiger charge is -2.05. The molecule has 1 amide bonds. The number of hydrogen-bond acceptors (Lipinski definition) is 1. The summed E-state index contributed by atoms with van der Waals surface area (Å²) in [4.78, 5) is 11.9. The topological polar surface area (TPSA) is 33.0 Å². The van der Waals surface area contributed by atoms with Gasteiger partial charge in [0.05, 0.1) is 0 Å². The summed E-state index contributed by atoms with van der Waals surface area (Å²) in [6.07, 6.45) is 3.89. The van der Waals surface area contributed by atoms with Crippen LogP contribution < -0.4 is 9.88 Å². The molecule has 1 N–H and O–H groups in total. The number of aromatic nitrogens is 1. The maximum Gasteiger partial charge on any atom is 0.251 e. The van der Waals surface area contributed by atoms with Crippen LogP contribution in [0.4, 0.5) is 0 Å². The van der Waals surface area contributed by atoms with Gasteiger partial charge in [-0.3, -0.25) is 4.79 Å². The Morgan fingerprint density at radius 1 is 1.28 bits per heavy atom. The van der Waals surface area contributed by atoms with E-state index < -0.39 is 0 Å². The monoisotopic (exact) mass is 261 g/mol. The molecule has 0 aliphatic heterocycles. The highest BCUT2D eigenvalue weighted by Gasteiger charge is 2.05. The molecule has 1 aromatic heterocycles. The molecule has 0 saturated heterocycles. The minimum absolute atomic E-state index is 0.120. The first kappa shape index (κ1) is 12.6. The zero-order chi connectivity index (χ0) is 13.0. The van der Waals surface area contributed by atoms with Gasteiger partial charge in [-0.1, -0.05) is 17.7 Å². The first-order valence-electron chi connectivity index (χ1n) is 5.63. The molecule has 92 valence electrons. The number of aryl methyl sites for hydroxylation is 1. The van der Waals surface area contributed by atoms with Gasteiger partial charge in [-0.05, 0) is 23.8 Å². The summed E-state index contributed by atoms with van der Waals surface area (Å²) in [5.41, 5.74) is 1.63. The first-order chi connectivity index (χ1) is 8.65. The molecule has 0 saturated carbocycles. The van der Waals surface area contributed by atoms with Gasteiger partial charge in [-0.2, -0.15) is 0 Å². The zero-order valence-electron chi connectivity index (χ0n) is 10.1. The van der Waals surface area contributed by atoms with E-state index in [2.05, 4.69) is 5.32 Å². The molecule has 2 aromatic rings. The van der Waals surface area contributed by atoms with E-state index in [1.165, 1.54) is 0 Å². The molecule has 3 nitrogen and oxygen atoms in total. The Bertz CT molecular complexity index is 552. The van der Waals surface area contributed by atoms with Crippen LogP contribution >= 0.6 is 11.6 Å². The Morgan fingerprint density at radius 3 is 2.67 bits per heavy atom. The third-order valence-corrected chi connectivity index (χ3v) is 2.82. The number of nitrogens with zero attached hydrogens (tertiary/aromatic N) is 1. The fourth-order valence-corrected chi connectivity index (χ4v) is 1.75. The van der Waals surface area contributed by atoms with Crippen molar-refractivity contribution in [1.29, 1.82) is 0 Å².